The predicted molar refractivity (Wildman–Crippen MR) is 70.0 cm³/mol. The van der Waals surface area contributed by atoms with E-state index in [0.29, 0.717) is 12.0 Å². The summed E-state index contributed by atoms with van der Waals surface area (Å²) in [5, 5.41) is 3.63. The van der Waals surface area contributed by atoms with Gasteiger partial charge in [-0.3, -0.25) is 4.90 Å². The first-order valence-corrected chi connectivity index (χ1v) is 6.66. The zero-order valence-electron chi connectivity index (χ0n) is 11.2. The van der Waals surface area contributed by atoms with Crippen molar-refractivity contribution in [1.29, 1.82) is 0 Å². The number of aryl methyl sites for hydroxylation is 1. The van der Waals surface area contributed by atoms with Crippen LogP contribution < -0.4 is 5.32 Å². The first-order chi connectivity index (χ1) is 8.15. The maximum absolute atomic E-state index is 5.66. The lowest BCUT2D eigenvalue weighted by Crippen LogP contribution is -2.40. The molecule has 0 amide bonds. The van der Waals surface area contributed by atoms with Crippen LogP contribution in [0, 0.1) is 12.8 Å². The quantitative estimate of drug-likeness (QED) is 0.873. The molecule has 0 saturated carbocycles. The second-order valence-electron chi connectivity index (χ2n) is 5.41. The van der Waals surface area contributed by atoms with Gasteiger partial charge in [-0.05, 0) is 44.5 Å². The zero-order chi connectivity index (χ0) is 12.3. The molecule has 2 heterocycles. The molecule has 3 nitrogen and oxygen atoms in total. The minimum Gasteiger partial charge on any atom is -0.465 e. The molecule has 1 N–H and O–H groups in total. The molecule has 1 unspecified atom stereocenters. The first kappa shape index (κ1) is 12.7. The van der Waals surface area contributed by atoms with Crippen LogP contribution in [0.15, 0.2) is 16.5 Å². The highest BCUT2D eigenvalue weighted by atomic mass is 16.3. The van der Waals surface area contributed by atoms with E-state index in [1.54, 1.807) is 0 Å². The fourth-order valence-electron chi connectivity index (χ4n) is 2.40. The Morgan fingerprint density at radius 1 is 1.47 bits per heavy atom. The van der Waals surface area contributed by atoms with Gasteiger partial charge >= 0.3 is 0 Å². The average Bonchev–Trinajstić information content (AvgIpc) is 2.54. The summed E-state index contributed by atoms with van der Waals surface area (Å²) < 4.78 is 5.66. The average molecular weight is 236 g/mol. The van der Waals surface area contributed by atoms with Crippen LogP contribution in [0.25, 0.3) is 0 Å². The van der Waals surface area contributed by atoms with Gasteiger partial charge in [-0.15, -0.1) is 0 Å². The summed E-state index contributed by atoms with van der Waals surface area (Å²) in [5.74, 6) is 2.79. The summed E-state index contributed by atoms with van der Waals surface area (Å²) >= 11 is 0. The SMILES string of the molecule is Cc1ccc(CN2CCCNC(C(C)C)C2)o1. The van der Waals surface area contributed by atoms with Crippen molar-refractivity contribution in [3.8, 4) is 0 Å². The second-order valence-corrected chi connectivity index (χ2v) is 5.41. The molecule has 0 aliphatic carbocycles. The van der Waals surface area contributed by atoms with Crippen molar-refractivity contribution in [3.05, 3.63) is 23.7 Å². The van der Waals surface area contributed by atoms with E-state index in [1.165, 1.54) is 6.42 Å². The molecule has 1 aromatic rings. The molecule has 0 radical (unpaired) electrons. The van der Waals surface area contributed by atoms with Crippen LogP contribution in [0.2, 0.25) is 0 Å². The van der Waals surface area contributed by atoms with Gasteiger partial charge in [0.15, 0.2) is 0 Å². The van der Waals surface area contributed by atoms with Crippen LogP contribution in [0.3, 0.4) is 0 Å². The number of nitrogens with one attached hydrogen (secondary N) is 1. The van der Waals surface area contributed by atoms with E-state index in [4.69, 9.17) is 4.42 Å². The van der Waals surface area contributed by atoms with Crippen LogP contribution in [-0.2, 0) is 6.54 Å². The standard InChI is InChI=1S/C14H24N2O/c1-11(2)14-10-16(8-4-7-15-14)9-13-6-5-12(3)17-13/h5-6,11,14-15H,4,7-10H2,1-3H3. The van der Waals surface area contributed by atoms with Crippen molar-refractivity contribution in [1.82, 2.24) is 10.2 Å². The Bertz CT molecular complexity index is 346. The molecule has 0 bridgehead atoms. The lowest BCUT2D eigenvalue weighted by atomic mass is 10.0. The van der Waals surface area contributed by atoms with E-state index in [1.807, 2.05) is 13.0 Å². The summed E-state index contributed by atoms with van der Waals surface area (Å²) in [4.78, 5) is 2.50. The largest absolute Gasteiger partial charge is 0.465 e. The molecule has 1 saturated heterocycles. The molecule has 0 aromatic carbocycles. The molecule has 17 heavy (non-hydrogen) atoms. The Hall–Kier alpha value is -0.800. The fourth-order valence-corrected chi connectivity index (χ4v) is 2.40. The molecular formula is C14H24N2O. The lowest BCUT2D eigenvalue weighted by Gasteiger charge is -2.26. The summed E-state index contributed by atoms with van der Waals surface area (Å²) in [6.45, 7) is 10.9. The molecule has 1 atom stereocenters. The minimum atomic E-state index is 0.605. The Labute approximate surface area is 104 Å². The van der Waals surface area contributed by atoms with Crippen molar-refractivity contribution in [3.63, 3.8) is 0 Å². The number of hydrogen-bond acceptors (Lipinski definition) is 3. The monoisotopic (exact) mass is 236 g/mol. The highest BCUT2D eigenvalue weighted by molar-refractivity contribution is 5.05. The van der Waals surface area contributed by atoms with E-state index in [-0.39, 0.29) is 0 Å². The highest BCUT2D eigenvalue weighted by Gasteiger charge is 2.20. The molecule has 1 aliphatic heterocycles. The molecule has 3 heteroatoms. The summed E-state index contributed by atoms with van der Waals surface area (Å²) in [6, 6.07) is 4.75. The van der Waals surface area contributed by atoms with Gasteiger partial charge in [-0.25, -0.2) is 0 Å². The first-order valence-electron chi connectivity index (χ1n) is 6.66. The number of rotatable bonds is 3. The van der Waals surface area contributed by atoms with Crippen molar-refractivity contribution in [2.24, 2.45) is 5.92 Å². The molecule has 96 valence electrons. The normalized spacial score (nSPS) is 22.9. The van der Waals surface area contributed by atoms with Crippen molar-refractivity contribution in [2.45, 2.75) is 39.8 Å². The molecule has 2 rings (SSSR count). The van der Waals surface area contributed by atoms with Crippen molar-refractivity contribution >= 4 is 0 Å². The van der Waals surface area contributed by atoms with E-state index >= 15 is 0 Å². The van der Waals surface area contributed by atoms with Crippen LogP contribution in [0.1, 0.15) is 31.8 Å². The maximum atomic E-state index is 5.66. The van der Waals surface area contributed by atoms with Crippen LogP contribution >= 0.6 is 0 Å². The molecular weight excluding hydrogens is 212 g/mol. The third-order valence-electron chi connectivity index (χ3n) is 3.49. The third-order valence-corrected chi connectivity index (χ3v) is 3.49. The molecule has 1 aliphatic rings. The second kappa shape index (κ2) is 5.69. The Morgan fingerprint density at radius 3 is 2.94 bits per heavy atom. The smallest absolute Gasteiger partial charge is 0.118 e. The van der Waals surface area contributed by atoms with Gasteiger partial charge in [-0.1, -0.05) is 13.8 Å². The van der Waals surface area contributed by atoms with Crippen LogP contribution in [0.5, 0.6) is 0 Å². The third kappa shape index (κ3) is 3.58. The van der Waals surface area contributed by atoms with E-state index in [9.17, 15) is 0 Å². The summed E-state index contributed by atoms with van der Waals surface area (Å²) in [7, 11) is 0. The van der Waals surface area contributed by atoms with Crippen LogP contribution in [0.4, 0.5) is 0 Å². The van der Waals surface area contributed by atoms with Gasteiger partial charge in [0.25, 0.3) is 0 Å². The summed E-state index contributed by atoms with van der Waals surface area (Å²) in [6.07, 6.45) is 1.23. The maximum Gasteiger partial charge on any atom is 0.118 e. The molecule has 1 fully saturated rings. The van der Waals surface area contributed by atoms with Gasteiger partial charge in [0.1, 0.15) is 11.5 Å². The molecule has 1 aromatic heterocycles. The Morgan fingerprint density at radius 2 is 2.29 bits per heavy atom. The van der Waals surface area contributed by atoms with Gasteiger partial charge in [-0.2, -0.15) is 0 Å². The number of hydrogen-bond donors (Lipinski definition) is 1. The van der Waals surface area contributed by atoms with Gasteiger partial charge in [0.05, 0.1) is 6.54 Å². The summed E-state index contributed by atoms with van der Waals surface area (Å²) in [5.41, 5.74) is 0. The van der Waals surface area contributed by atoms with E-state index < -0.39 is 0 Å². The predicted octanol–water partition coefficient (Wildman–Crippen LogP) is 2.41. The van der Waals surface area contributed by atoms with Crippen molar-refractivity contribution < 1.29 is 4.42 Å². The zero-order valence-corrected chi connectivity index (χ0v) is 11.2. The lowest BCUT2D eigenvalue weighted by molar-refractivity contribution is 0.221. The molecule has 0 spiro atoms. The Kier molecular flexibility index (Phi) is 4.24. The minimum absolute atomic E-state index is 0.605. The topological polar surface area (TPSA) is 28.4 Å². The fraction of sp³-hybridized carbons (Fsp3) is 0.714. The van der Waals surface area contributed by atoms with Crippen molar-refractivity contribution in [2.75, 3.05) is 19.6 Å². The van der Waals surface area contributed by atoms with Crippen LogP contribution in [-0.4, -0.2) is 30.6 Å². The van der Waals surface area contributed by atoms with E-state index in [2.05, 4.69) is 30.1 Å². The number of furan rings is 1. The van der Waals surface area contributed by atoms with E-state index in [0.717, 1.165) is 37.7 Å². The number of nitrogens with zero attached hydrogens (tertiary/aromatic N) is 1. The Balaban J connectivity index is 1.94. The highest BCUT2D eigenvalue weighted by Crippen LogP contribution is 2.14. The van der Waals surface area contributed by atoms with Gasteiger partial charge in [0.2, 0.25) is 0 Å². The van der Waals surface area contributed by atoms with Gasteiger partial charge in [0, 0.05) is 12.6 Å². The van der Waals surface area contributed by atoms with Gasteiger partial charge < -0.3 is 9.73 Å².